The van der Waals surface area contributed by atoms with Gasteiger partial charge in [0.15, 0.2) is 5.82 Å². The van der Waals surface area contributed by atoms with E-state index in [1.807, 2.05) is 30.3 Å². The Kier molecular flexibility index (Phi) is 5.62. The molecular formula is C21H22N4O2S. The molecule has 2 N–H and O–H groups in total. The first-order valence-corrected chi connectivity index (χ1v) is 10.3. The van der Waals surface area contributed by atoms with Gasteiger partial charge in [0, 0.05) is 5.56 Å². The number of aryl methyl sites for hydroxylation is 1. The number of benzene rings is 2. The van der Waals surface area contributed by atoms with Gasteiger partial charge in [0.1, 0.15) is 5.75 Å². The molecule has 0 saturated heterocycles. The normalized spacial score (nSPS) is 15.7. The predicted molar refractivity (Wildman–Crippen MR) is 109 cm³/mol. The van der Waals surface area contributed by atoms with Crippen molar-refractivity contribution in [1.82, 2.24) is 20.5 Å². The number of aromatic nitrogens is 3. The number of hydrogen-bond donors (Lipinski definition) is 2. The molecular weight excluding hydrogens is 372 g/mol. The molecule has 0 spiro atoms. The van der Waals surface area contributed by atoms with E-state index in [2.05, 4.69) is 38.7 Å². The van der Waals surface area contributed by atoms with Crippen molar-refractivity contribution in [3.8, 4) is 17.1 Å². The molecule has 1 amide bonds. The molecule has 4 rings (SSSR count). The third kappa shape index (κ3) is 4.20. The molecule has 0 bridgehead atoms. The Labute approximate surface area is 168 Å². The van der Waals surface area contributed by atoms with E-state index in [0.29, 0.717) is 16.7 Å². The lowest BCUT2D eigenvalue weighted by atomic mass is 9.88. The molecule has 0 aliphatic heterocycles. The van der Waals surface area contributed by atoms with Crippen molar-refractivity contribution < 1.29 is 9.53 Å². The summed E-state index contributed by atoms with van der Waals surface area (Å²) < 4.78 is 5.16. The lowest BCUT2D eigenvalue weighted by Crippen LogP contribution is -2.32. The molecule has 1 aliphatic carbocycles. The monoisotopic (exact) mass is 394 g/mol. The smallest absolute Gasteiger partial charge is 0.230 e. The van der Waals surface area contributed by atoms with Gasteiger partial charge in [-0.25, -0.2) is 4.98 Å². The topological polar surface area (TPSA) is 79.9 Å². The summed E-state index contributed by atoms with van der Waals surface area (Å²) in [6, 6.07) is 16.0. The van der Waals surface area contributed by atoms with Crippen LogP contribution in [-0.4, -0.2) is 34.0 Å². The van der Waals surface area contributed by atoms with Crippen LogP contribution in [0, 0.1) is 0 Å². The SMILES string of the molecule is COc1ccc(-c2nc(SCC(=O)NC3CCCc4ccccc43)n[nH]2)cc1. The Morgan fingerprint density at radius 3 is 2.89 bits per heavy atom. The van der Waals surface area contributed by atoms with Crippen molar-refractivity contribution in [2.45, 2.75) is 30.5 Å². The molecule has 0 radical (unpaired) electrons. The number of ether oxygens (including phenoxy) is 1. The predicted octanol–water partition coefficient (Wildman–Crippen LogP) is 3.77. The molecule has 1 heterocycles. The van der Waals surface area contributed by atoms with E-state index in [-0.39, 0.29) is 11.9 Å². The molecule has 6 nitrogen and oxygen atoms in total. The maximum Gasteiger partial charge on any atom is 0.230 e. The Balaban J connectivity index is 1.34. The van der Waals surface area contributed by atoms with Crippen LogP contribution in [0.3, 0.4) is 0 Å². The fourth-order valence-corrected chi connectivity index (χ4v) is 4.07. The van der Waals surface area contributed by atoms with Crippen LogP contribution in [0.5, 0.6) is 5.75 Å². The number of fused-ring (bicyclic) bond motifs is 1. The first-order chi connectivity index (χ1) is 13.7. The van der Waals surface area contributed by atoms with E-state index in [0.717, 1.165) is 30.6 Å². The van der Waals surface area contributed by atoms with Gasteiger partial charge in [-0.1, -0.05) is 36.0 Å². The van der Waals surface area contributed by atoms with Crippen LogP contribution in [0.25, 0.3) is 11.4 Å². The highest BCUT2D eigenvalue weighted by molar-refractivity contribution is 7.99. The van der Waals surface area contributed by atoms with E-state index in [1.54, 1.807) is 7.11 Å². The first-order valence-electron chi connectivity index (χ1n) is 9.30. The summed E-state index contributed by atoms with van der Waals surface area (Å²) in [5.74, 6) is 1.76. The lowest BCUT2D eigenvalue weighted by Gasteiger charge is -2.26. The third-order valence-electron chi connectivity index (χ3n) is 4.87. The summed E-state index contributed by atoms with van der Waals surface area (Å²) in [5.41, 5.74) is 3.50. The Bertz CT molecular complexity index is 955. The van der Waals surface area contributed by atoms with Crippen molar-refractivity contribution in [3.63, 3.8) is 0 Å². The van der Waals surface area contributed by atoms with Crippen LogP contribution in [0.2, 0.25) is 0 Å². The summed E-state index contributed by atoms with van der Waals surface area (Å²) in [7, 11) is 1.63. The van der Waals surface area contributed by atoms with E-state index in [1.165, 1.54) is 22.9 Å². The van der Waals surface area contributed by atoms with Gasteiger partial charge in [0.25, 0.3) is 0 Å². The van der Waals surface area contributed by atoms with Gasteiger partial charge in [0.05, 0.1) is 18.9 Å². The number of H-pyrrole nitrogens is 1. The second kappa shape index (κ2) is 8.48. The maximum absolute atomic E-state index is 12.4. The molecule has 2 aromatic carbocycles. The van der Waals surface area contributed by atoms with Crippen molar-refractivity contribution in [2.75, 3.05) is 12.9 Å². The van der Waals surface area contributed by atoms with Gasteiger partial charge < -0.3 is 10.1 Å². The maximum atomic E-state index is 12.4. The number of rotatable bonds is 6. The number of amides is 1. The highest BCUT2D eigenvalue weighted by Crippen LogP contribution is 2.29. The van der Waals surface area contributed by atoms with Crippen LogP contribution >= 0.6 is 11.8 Å². The molecule has 0 fully saturated rings. The average molecular weight is 395 g/mol. The number of nitrogens with zero attached hydrogens (tertiary/aromatic N) is 2. The minimum atomic E-state index is 0.00232. The van der Waals surface area contributed by atoms with Crippen LogP contribution in [0.4, 0.5) is 0 Å². The van der Waals surface area contributed by atoms with Gasteiger partial charge in [0.2, 0.25) is 11.1 Å². The average Bonchev–Trinajstić information content (AvgIpc) is 3.22. The number of carbonyl (C=O) groups is 1. The number of aromatic amines is 1. The number of nitrogens with one attached hydrogen (secondary N) is 2. The molecule has 1 atom stereocenters. The molecule has 7 heteroatoms. The molecule has 1 aliphatic rings. The zero-order valence-corrected chi connectivity index (χ0v) is 16.5. The Hall–Kier alpha value is -2.80. The summed E-state index contributed by atoms with van der Waals surface area (Å²) in [6.45, 7) is 0. The highest BCUT2D eigenvalue weighted by atomic mass is 32.2. The quantitative estimate of drug-likeness (QED) is 0.622. The van der Waals surface area contributed by atoms with Gasteiger partial charge >= 0.3 is 0 Å². The molecule has 1 aromatic heterocycles. The standard InChI is InChI=1S/C21H22N4O2S/c1-27-16-11-9-15(10-12-16)20-23-21(25-24-20)28-13-19(26)22-18-8-4-6-14-5-2-3-7-17(14)18/h2-3,5,7,9-12,18H,4,6,8,13H2,1H3,(H,22,26)(H,23,24,25). The van der Waals surface area contributed by atoms with Crippen LogP contribution in [0.15, 0.2) is 53.7 Å². The Morgan fingerprint density at radius 1 is 1.25 bits per heavy atom. The summed E-state index contributed by atoms with van der Waals surface area (Å²) >= 11 is 1.33. The van der Waals surface area contributed by atoms with E-state index >= 15 is 0 Å². The minimum Gasteiger partial charge on any atom is -0.497 e. The van der Waals surface area contributed by atoms with Crippen LogP contribution in [0.1, 0.15) is 30.0 Å². The van der Waals surface area contributed by atoms with Crippen molar-refractivity contribution in [3.05, 3.63) is 59.7 Å². The number of methoxy groups -OCH3 is 1. The highest BCUT2D eigenvalue weighted by Gasteiger charge is 2.21. The first kappa shape index (κ1) is 18.6. The second-order valence-electron chi connectivity index (χ2n) is 6.69. The van der Waals surface area contributed by atoms with E-state index in [4.69, 9.17) is 4.74 Å². The summed E-state index contributed by atoms with van der Waals surface area (Å²) in [5, 5.41) is 10.8. The van der Waals surface area contributed by atoms with Gasteiger partial charge in [-0.15, -0.1) is 5.10 Å². The molecule has 28 heavy (non-hydrogen) atoms. The van der Waals surface area contributed by atoms with Crippen molar-refractivity contribution in [2.24, 2.45) is 0 Å². The summed E-state index contributed by atoms with van der Waals surface area (Å²) in [6.07, 6.45) is 3.17. The second-order valence-corrected chi connectivity index (χ2v) is 7.64. The number of thioether (sulfide) groups is 1. The molecule has 3 aromatic rings. The third-order valence-corrected chi connectivity index (χ3v) is 5.71. The molecule has 1 unspecified atom stereocenters. The van der Waals surface area contributed by atoms with Gasteiger partial charge in [-0.05, 0) is 54.7 Å². The number of hydrogen-bond acceptors (Lipinski definition) is 5. The Morgan fingerprint density at radius 2 is 2.07 bits per heavy atom. The van der Waals surface area contributed by atoms with Crippen molar-refractivity contribution in [1.29, 1.82) is 0 Å². The zero-order valence-electron chi connectivity index (χ0n) is 15.6. The van der Waals surface area contributed by atoms with Gasteiger partial charge in [-0.2, -0.15) is 0 Å². The largest absolute Gasteiger partial charge is 0.497 e. The summed E-state index contributed by atoms with van der Waals surface area (Å²) in [4.78, 5) is 16.9. The van der Waals surface area contributed by atoms with Crippen LogP contribution < -0.4 is 10.1 Å². The zero-order chi connectivity index (χ0) is 19.3. The number of carbonyl (C=O) groups excluding carboxylic acids is 1. The van der Waals surface area contributed by atoms with E-state index < -0.39 is 0 Å². The van der Waals surface area contributed by atoms with Gasteiger partial charge in [-0.3, -0.25) is 9.89 Å². The fraction of sp³-hybridized carbons (Fsp3) is 0.286. The van der Waals surface area contributed by atoms with E-state index in [9.17, 15) is 4.79 Å². The molecule has 144 valence electrons. The van der Waals surface area contributed by atoms with Crippen LogP contribution in [-0.2, 0) is 11.2 Å². The molecule has 0 saturated carbocycles. The minimum absolute atomic E-state index is 0.00232. The van der Waals surface area contributed by atoms with Crippen molar-refractivity contribution >= 4 is 17.7 Å². The fourth-order valence-electron chi connectivity index (χ4n) is 3.46. The lowest BCUT2D eigenvalue weighted by molar-refractivity contribution is -0.119.